The van der Waals surface area contributed by atoms with Crippen LogP contribution in [0.1, 0.15) is 16.1 Å². The van der Waals surface area contributed by atoms with Gasteiger partial charge in [0.15, 0.2) is 19.0 Å². The molecule has 0 aliphatic carbocycles. The summed E-state index contributed by atoms with van der Waals surface area (Å²) in [6.07, 6.45) is 0. The van der Waals surface area contributed by atoms with Crippen LogP contribution < -0.4 is 15.8 Å². The van der Waals surface area contributed by atoms with Crippen molar-refractivity contribution in [3.8, 4) is 5.75 Å². The van der Waals surface area contributed by atoms with E-state index in [4.69, 9.17) is 19.7 Å². The van der Waals surface area contributed by atoms with E-state index in [1.807, 2.05) is 0 Å². The standard InChI is InChI=1S/C15H15N3O6/c1-9-6-13(18-24-9)17-14(20)8-23-15(21)10-2-4-11(5-3-10)22-7-12(16)19/h2-6H,7-8H2,1H3,(H2,16,19)(H,17,18,20). The molecule has 0 aliphatic rings. The zero-order valence-electron chi connectivity index (χ0n) is 12.8. The van der Waals surface area contributed by atoms with Gasteiger partial charge in [0.25, 0.3) is 11.8 Å². The van der Waals surface area contributed by atoms with Gasteiger partial charge in [0.1, 0.15) is 11.5 Å². The van der Waals surface area contributed by atoms with Gasteiger partial charge in [-0.25, -0.2) is 4.79 Å². The Bertz CT molecular complexity index is 738. The molecule has 3 N–H and O–H groups in total. The van der Waals surface area contributed by atoms with Crippen molar-refractivity contribution in [2.45, 2.75) is 6.92 Å². The summed E-state index contributed by atoms with van der Waals surface area (Å²) in [6.45, 7) is 0.954. The van der Waals surface area contributed by atoms with Gasteiger partial charge in [-0.1, -0.05) is 5.16 Å². The van der Waals surface area contributed by atoms with E-state index in [1.54, 1.807) is 6.92 Å². The van der Waals surface area contributed by atoms with E-state index in [-0.39, 0.29) is 18.0 Å². The Hall–Kier alpha value is -3.36. The number of aromatic nitrogens is 1. The number of ether oxygens (including phenoxy) is 2. The minimum Gasteiger partial charge on any atom is -0.484 e. The van der Waals surface area contributed by atoms with Crippen LogP contribution in [0.15, 0.2) is 34.9 Å². The summed E-state index contributed by atoms with van der Waals surface area (Å²) in [7, 11) is 0. The summed E-state index contributed by atoms with van der Waals surface area (Å²) < 4.78 is 14.7. The lowest BCUT2D eigenvalue weighted by molar-refractivity contribution is -0.120. The molecule has 0 saturated carbocycles. The average Bonchev–Trinajstić information content (AvgIpc) is 2.96. The minimum absolute atomic E-state index is 0.228. The molecule has 2 amide bonds. The van der Waals surface area contributed by atoms with Crippen LogP contribution in [0.3, 0.4) is 0 Å². The SMILES string of the molecule is Cc1cc(NC(=O)COC(=O)c2ccc(OCC(N)=O)cc2)no1. The van der Waals surface area contributed by atoms with Crippen LogP contribution in [0.2, 0.25) is 0 Å². The van der Waals surface area contributed by atoms with Crippen LogP contribution in [-0.4, -0.2) is 36.2 Å². The fourth-order valence-corrected chi connectivity index (χ4v) is 1.66. The number of esters is 1. The predicted octanol–water partition coefficient (Wildman–Crippen LogP) is 0.643. The fraction of sp³-hybridized carbons (Fsp3) is 0.200. The predicted molar refractivity (Wildman–Crippen MR) is 81.3 cm³/mol. The van der Waals surface area contributed by atoms with E-state index in [1.165, 1.54) is 30.3 Å². The van der Waals surface area contributed by atoms with Gasteiger partial charge in [-0.15, -0.1) is 0 Å². The highest BCUT2D eigenvalue weighted by atomic mass is 16.5. The highest BCUT2D eigenvalue weighted by Crippen LogP contribution is 2.13. The first-order valence-electron chi connectivity index (χ1n) is 6.85. The summed E-state index contributed by atoms with van der Waals surface area (Å²) in [6, 6.07) is 7.38. The topological polar surface area (TPSA) is 134 Å². The number of amides is 2. The zero-order chi connectivity index (χ0) is 17.5. The van der Waals surface area contributed by atoms with Gasteiger partial charge in [0, 0.05) is 6.07 Å². The zero-order valence-corrected chi connectivity index (χ0v) is 12.8. The number of primary amides is 1. The maximum Gasteiger partial charge on any atom is 0.338 e. The molecule has 9 heteroatoms. The van der Waals surface area contributed by atoms with E-state index in [9.17, 15) is 14.4 Å². The molecule has 2 aromatic rings. The molecule has 9 nitrogen and oxygen atoms in total. The molecule has 0 atom stereocenters. The Labute approximate surface area is 136 Å². The third kappa shape index (κ3) is 5.13. The molecule has 1 heterocycles. The third-order valence-corrected chi connectivity index (χ3v) is 2.70. The largest absolute Gasteiger partial charge is 0.484 e. The lowest BCUT2D eigenvalue weighted by atomic mass is 10.2. The van der Waals surface area contributed by atoms with Crippen molar-refractivity contribution in [1.29, 1.82) is 0 Å². The van der Waals surface area contributed by atoms with Gasteiger partial charge < -0.3 is 25.0 Å². The number of nitrogens with two attached hydrogens (primary N) is 1. The number of hydrogen-bond acceptors (Lipinski definition) is 7. The molecule has 1 aromatic carbocycles. The molecule has 126 valence electrons. The van der Waals surface area contributed by atoms with Gasteiger partial charge in [0.05, 0.1) is 5.56 Å². The lowest BCUT2D eigenvalue weighted by Crippen LogP contribution is -2.21. The molecule has 0 fully saturated rings. The van der Waals surface area contributed by atoms with Crippen LogP contribution in [0.4, 0.5) is 5.82 Å². The Morgan fingerprint density at radius 1 is 1.21 bits per heavy atom. The summed E-state index contributed by atoms with van der Waals surface area (Å²) in [5.41, 5.74) is 5.18. The second-order valence-corrected chi connectivity index (χ2v) is 4.73. The van der Waals surface area contributed by atoms with Crippen LogP contribution in [0, 0.1) is 6.92 Å². The first kappa shape index (κ1) is 17.0. The maximum atomic E-state index is 11.8. The number of nitrogens with zero attached hydrogens (tertiary/aromatic N) is 1. The molecule has 0 spiro atoms. The van der Waals surface area contributed by atoms with Crippen LogP contribution in [0.5, 0.6) is 5.75 Å². The quantitative estimate of drug-likeness (QED) is 0.710. The Morgan fingerprint density at radius 2 is 1.92 bits per heavy atom. The first-order valence-corrected chi connectivity index (χ1v) is 6.85. The number of anilines is 1. The Morgan fingerprint density at radius 3 is 2.50 bits per heavy atom. The first-order chi connectivity index (χ1) is 11.4. The molecular formula is C15H15N3O6. The molecule has 0 bridgehead atoms. The van der Waals surface area contributed by atoms with Gasteiger partial charge in [-0.3, -0.25) is 9.59 Å². The number of carbonyl (C=O) groups excluding carboxylic acids is 3. The summed E-state index contributed by atoms with van der Waals surface area (Å²) >= 11 is 0. The fourth-order valence-electron chi connectivity index (χ4n) is 1.66. The second kappa shape index (κ2) is 7.77. The van der Waals surface area contributed by atoms with E-state index in [0.29, 0.717) is 11.5 Å². The van der Waals surface area contributed by atoms with Crippen molar-refractivity contribution in [1.82, 2.24) is 5.16 Å². The Kier molecular flexibility index (Phi) is 5.50. The van der Waals surface area contributed by atoms with Crippen molar-refractivity contribution < 1.29 is 28.4 Å². The molecule has 24 heavy (non-hydrogen) atoms. The molecular weight excluding hydrogens is 318 g/mol. The number of hydrogen-bond donors (Lipinski definition) is 2. The van der Waals surface area contributed by atoms with Crippen LogP contribution in [-0.2, 0) is 14.3 Å². The second-order valence-electron chi connectivity index (χ2n) is 4.73. The average molecular weight is 333 g/mol. The van der Waals surface area contributed by atoms with Gasteiger partial charge in [0.2, 0.25) is 0 Å². The van der Waals surface area contributed by atoms with E-state index >= 15 is 0 Å². The minimum atomic E-state index is -0.678. The van der Waals surface area contributed by atoms with Crippen LogP contribution >= 0.6 is 0 Å². The van der Waals surface area contributed by atoms with Crippen molar-refractivity contribution in [2.75, 3.05) is 18.5 Å². The third-order valence-electron chi connectivity index (χ3n) is 2.70. The number of rotatable bonds is 7. The molecule has 0 radical (unpaired) electrons. The van der Waals surface area contributed by atoms with E-state index in [2.05, 4.69) is 10.5 Å². The molecule has 2 rings (SSSR count). The summed E-state index contributed by atoms with van der Waals surface area (Å²) in [5, 5.41) is 6.01. The van der Waals surface area contributed by atoms with Gasteiger partial charge in [-0.05, 0) is 31.2 Å². The molecule has 1 aromatic heterocycles. The van der Waals surface area contributed by atoms with Gasteiger partial charge in [-0.2, -0.15) is 0 Å². The summed E-state index contributed by atoms with van der Waals surface area (Å²) in [4.78, 5) is 34.1. The van der Waals surface area contributed by atoms with E-state index in [0.717, 1.165) is 0 Å². The Balaban J connectivity index is 1.81. The van der Waals surface area contributed by atoms with E-state index < -0.39 is 24.4 Å². The normalized spacial score (nSPS) is 10.0. The monoisotopic (exact) mass is 333 g/mol. The number of carbonyl (C=O) groups is 3. The molecule has 0 unspecified atom stereocenters. The van der Waals surface area contributed by atoms with Crippen molar-refractivity contribution in [3.05, 3.63) is 41.7 Å². The van der Waals surface area contributed by atoms with Crippen LogP contribution in [0.25, 0.3) is 0 Å². The van der Waals surface area contributed by atoms with Gasteiger partial charge >= 0.3 is 5.97 Å². The highest BCUT2D eigenvalue weighted by molar-refractivity contribution is 5.95. The van der Waals surface area contributed by atoms with Crippen molar-refractivity contribution in [3.63, 3.8) is 0 Å². The molecule has 0 saturated heterocycles. The maximum absolute atomic E-state index is 11.8. The smallest absolute Gasteiger partial charge is 0.338 e. The number of aryl methyl sites for hydroxylation is 1. The van der Waals surface area contributed by atoms with Crippen molar-refractivity contribution in [2.24, 2.45) is 5.73 Å². The number of benzene rings is 1. The molecule has 0 aliphatic heterocycles. The van der Waals surface area contributed by atoms with Crippen molar-refractivity contribution >= 4 is 23.6 Å². The lowest BCUT2D eigenvalue weighted by Gasteiger charge is -2.06. The highest BCUT2D eigenvalue weighted by Gasteiger charge is 2.12. The number of nitrogens with one attached hydrogen (secondary N) is 1. The summed E-state index contributed by atoms with van der Waals surface area (Å²) in [5.74, 6) is -0.664.